The Balaban J connectivity index is 1.92. The molecule has 1 aromatic carbocycles. The quantitative estimate of drug-likeness (QED) is 0.806. The van der Waals surface area contributed by atoms with Gasteiger partial charge in [-0.15, -0.1) is 0 Å². The van der Waals surface area contributed by atoms with E-state index in [-0.39, 0.29) is 30.9 Å². The molecular weight excluding hydrogens is 334 g/mol. The molecule has 1 fully saturated rings. The summed E-state index contributed by atoms with van der Waals surface area (Å²) in [5, 5.41) is 10.2. The fraction of sp³-hybridized carbons (Fsp3) is 0.333. The molecule has 1 atom stereocenters. The van der Waals surface area contributed by atoms with Gasteiger partial charge in [0.05, 0.1) is 17.4 Å². The molecule has 8 heteroatoms. The van der Waals surface area contributed by atoms with Gasteiger partial charge in [0.15, 0.2) is 0 Å². The first-order chi connectivity index (χ1) is 12.5. The number of carbonyl (C=O) groups excluding carboxylic acids is 2. The minimum absolute atomic E-state index is 0.0825. The highest BCUT2D eigenvalue weighted by molar-refractivity contribution is 5.99. The van der Waals surface area contributed by atoms with Crippen LogP contribution in [0.4, 0.5) is 5.95 Å². The molecule has 0 spiro atoms. The summed E-state index contributed by atoms with van der Waals surface area (Å²) in [6, 6.07) is 9.25. The van der Waals surface area contributed by atoms with Gasteiger partial charge in [0, 0.05) is 44.9 Å². The van der Waals surface area contributed by atoms with Crippen LogP contribution in [0.5, 0.6) is 0 Å². The number of hydrogen-bond donors (Lipinski definition) is 2. The largest absolute Gasteiger partial charge is 0.389 e. The maximum Gasteiger partial charge on any atom is 0.257 e. The maximum atomic E-state index is 13.1. The number of aliphatic hydroxyl groups excluding tert-OH is 1. The molecule has 1 aliphatic rings. The molecule has 0 saturated carbocycles. The van der Waals surface area contributed by atoms with Crippen LogP contribution in [-0.2, 0) is 4.79 Å². The van der Waals surface area contributed by atoms with E-state index < -0.39 is 6.10 Å². The summed E-state index contributed by atoms with van der Waals surface area (Å²) in [6.07, 6.45) is 0.604. The van der Waals surface area contributed by atoms with E-state index in [1.807, 2.05) is 30.3 Å². The minimum Gasteiger partial charge on any atom is -0.389 e. The molecule has 1 saturated heterocycles. The Morgan fingerprint density at radius 3 is 2.50 bits per heavy atom. The number of rotatable bonds is 2. The van der Waals surface area contributed by atoms with Gasteiger partial charge in [-0.1, -0.05) is 30.3 Å². The van der Waals surface area contributed by atoms with Gasteiger partial charge in [0.25, 0.3) is 5.91 Å². The summed E-state index contributed by atoms with van der Waals surface area (Å²) in [6.45, 7) is 2.50. The monoisotopic (exact) mass is 355 g/mol. The molecule has 2 amide bonds. The summed E-state index contributed by atoms with van der Waals surface area (Å²) in [5.74, 6) is -0.341. The number of aromatic nitrogens is 2. The highest BCUT2D eigenvalue weighted by atomic mass is 16.3. The van der Waals surface area contributed by atoms with Crippen molar-refractivity contribution in [3.05, 3.63) is 42.1 Å². The van der Waals surface area contributed by atoms with Gasteiger partial charge in [0.2, 0.25) is 11.9 Å². The van der Waals surface area contributed by atoms with Gasteiger partial charge < -0.3 is 20.6 Å². The Kier molecular flexibility index (Phi) is 5.13. The van der Waals surface area contributed by atoms with Crippen molar-refractivity contribution in [1.82, 2.24) is 19.8 Å². The lowest BCUT2D eigenvalue weighted by Gasteiger charge is -2.22. The highest BCUT2D eigenvalue weighted by Crippen LogP contribution is 2.23. The van der Waals surface area contributed by atoms with E-state index in [0.717, 1.165) is 5.56 Å². The second kappa shape index (κ2) is 7.49. The van der Waals surface area contributed by atoms with E-state index in [1.165, 1.54) is 22.9 Å². The maximum absolute atomic E-state index is 13.1. The first kappa shape index (κ1) is 17.8. The Morgan fingerprint density at radius 1 is 1.15 bits per heavy atom. The topological polar surface area (TPSA) is 113 Å². The Bertz CT molecular complexity index is 812. The molecule has 1 aliphatic heterocycles. The standard InChI is InChI=1S/C18H21N5O3/c1-12(24)22-7-8-23(11-14(25)10-22)17(26)15-9-20-18(19)21-16(15)13-5-3-2-4-6-13/h2-6,9,14,25H,7-8,10-11H2,1H3,(H2,19,20,21)/t14-/m0/s1. The average molecular weight is 355 g/mol. The van der Waals surface area contributed by atoms with Crippen molar-refractivity contribution in [1.29, 1.82) is 0 Å². The number of β-amino-alcohol motifs (C(OH)–C–C–N with tert-alkyl or cyclic N) is 1. The van der Waals surface area contributed by atoms with Crippen molar-refractivity contribution in [2.45, 2.75) is 13.0 Å². The Labute approximate surface area is 151 Å². The van der Waals surface area contributed by atoms with Gasteiger partial charge in [-0.25, -0.2) is 9.97 Å². The van der Waals surface area contributed by atoms with Gasteiger partial charge in [-0.2, -0.15) is 0 Å². The zero-order chi connectivity index (χ0) is 18.7. The van der Waals surface area contributed by atoms with Crippen LogP contribution in [0.1, 0.15) is 17.3 Å². The number of aliphatic hydroxyl groups is 1. The smallest absolute Gasteiger partial charge is 0.257 e. The third-order valence-corrected chi connectivity index (χ3v) is 4.32. The van der Waals surface area contributed by atoms with Crippen LogP contribution < -0.4 is 5.73 Å². The van der Waals surface area contributed by atoms with E-state index in [2.05, 4.69) is 9.97 Å². The number of amides is 2. The van der Waals surface area contributed by atoms with Gasteiger partial charge in [-0.3, -0.25) is 9.59 Å². The lowest BCUT2D eigenvalue weighted by molar-refractivity contribution is -0.129. The second-order valence-corrected chi connectivity index (χ2v) is 6.23. The van der Waals surface area contributed by atoms with E-state index in [1.54, 1.807) is 0 Å². The van der Waals surface area contributed by atoms with Gasteiger partial charge >= 0.3 is 0 Å². The lowest BCUT2D eigenvalue weighted by Crippen LogP contribution is -2.38. The molecule has 0 aliphatic carbocycles. The van der Waals surface area contributed by atoms with Crippen molar-refractivity contribution in [2.24, 2.45) is 0 Å². The number of nitrogens with two attached hydrogens (primary N) is 1. The molecule has 26 heavy (non-hydrogen) atoms. The van der Waals surface area contributed by atoms with E-state index in [0.29, 0.717) is 24.3 Å². The van der Waals surface area contributed by atoms with Gasteiger partial charge in [-0.05, 0) is 0 Å². The summed E-state index contributed by atoms with van der Waals surface area (Å²) in [4.78, 5) is 35.9. The predicted molar refractivity (Wildman–Crippen MR) is 96.0 cm³/mol. The fourth-order valence-corrected chi connectivity index (χ4v) is 3.00. The molecular formula is C18H21N5O3. The summed E-state index contributed by atoms with van der Waals surface area (Å²) >= 11 is 0. The van der Waals surface area contributed by atoms with Crippen LogP contribution in [0.2, 0.25) is 0 Å². The summed E-state index contributed by atoms with van der Waals surface area (Å²) < 4.78 is 0. The second-order valence-electron chi connectivity index (χ2n) is 6.23. The number of benzene rings is 1. The third kappa shape index (κ3) is 3.80. The van der Waals surface area contributed by atoms with Crippen molar-refractivity contribution >= 4 is 17.8 Å². The van der Waals surface area contributed by atoms with Crippen molar-refractivity contribution in [3.8, 4) is 11.3 Å². The first-order valence-corrected chi connectivity index (χ1v) is 8.36. The Morgan fingerprint density at radius 2 is 1.81 bits per heavy atom. The van der Waals surface area contributed by atoms with Crippen LogP contribution in [0.3, 0.4) is 0 Å². The number of carbonyl (C=O) groups is 2. The van der Waals surface area contributed by atoms with Crippen molar-refractivity contribution in [2.75, 3.05) is 31.9 Å². The van der Waals surface area contributed by atoms with Crippen LogP contribution in [0.25, 0.3) is 11.3 Å². The molecule has 0 bridgehead atoms. The molecule has 8 nitrogen and oxygen atoms in total. The van der Waals surface area contributed by atoms with E-state index in [9.17, 15) is 14.7 Å². The number of anilines is 1. The average Bonchev–Trinajstić information content (AvgIpc) is 2.83. The molecule has 3 N–H and O–H groups in total. The van der Waals surface area contributed by atoms with E-state index >= 15 is 0 Å². The van der Waals surface area contributed by atoms with Crippen LogP contribution in [-0.4, -0.2) is 69.0 Å². The SMILES string of the molecule is CC(=O)N1CCN(C(=O)c2cnc(N)nc2-c2ccccc2)C[C@@H](O)C1. The summed E-state index contributed by atoms with van der Waals surface area (Å²) in [5.41, 5.74) is 7.23. The van der Waals surface area contributed by atoms with Crippen molar-refractivity contribution < 1.29 is 14.7 Å². The third-order valence-electron chi connectivity index (χ3n) is 4.32. The highest BCUT2D eigenvalue weighted by Gasteiger charge is 2.28. The molecule has 2 aromatic rings. The minimum atomic E-state index is -0.805. The molecule has 2 heterocycles. The van der Waals surface area contributed by atoms with Crippen LogP contribution >= 0.6 is 0 Å². The van der Waals surface area contributed by atoms with Crippen LogP contribution in [0, 0.1) is 0 Å². The lowest BCUT2D eigenvalue weighted by atomic mass is 10.1. The molecule has 3 rings (SSSR count). The van der Waals surface area contributed by atoms with E-state index in [4.69, 9.17) is 5.73 Å². The normalized spacial score (nSPS) is 17.7. The number of nitrogens with zero attached hydrogens (tertiary/aromatic N) is 4. The predicted octanol–water partition coefficient (Wildman–Crippen LogP) is 0.391. The molecule has 0 unspecified atom stereocenters. The number of nitrogen functional groups attached to an aromatic ring is 1. The number of hydrogen-bond acceptors (Lipinski definition) is 6. The Hall–Kier alpha value is -3.00. The summed E-state index contributed by atoms with van der Waals surface area (Å²) in [7, 11) is 0. The molecule has 136 valence electrons. The molecule has 0 radical (unpaired) electrons. The van der Waals surface area contributed by atoms with Gasteiger partial charge in [0.1, 0.15) is 0 Å². The fourth-order valence-electron chi connectivity index (χ4n) is 3.00. The zero-order valence-corrected chi connectivity index (χ0v) is 14.5. The molecule has 1 aromatic heterocycles. The zero-order valence-electron chi connectivity index (χ0n) is 14.5. The van der Waals surface area contributed by atoms with Crippen molar-refractivity contribution in [3.63, 3.8) is 0 Å². The first-order valence-electron chi connectivity index (χ1n) is 8.36. The van der Waals surface area contributed by atoms with Crippen LogP contribution in [0.15, 0.2) is 36.5 Å².